The van der Waals surface area contributed by atoms with Gasteiger partial charge in [-0.05, 0) is 24.6 Å². The van der Waals surface area contributed by atoms with Crippen molar-refractivity contribution in [2.24, 2.45) is 0 Å². The van der Waals surface area contributed by atoms with Gasteiger partial charge < -0.3 is 9.52 Å². The maximum absolute atomic E-state index is 12.4. The fourth-order valence-electron chi connectivity index (χ4n) is 2.81. The predicted octanol–water partition coefficient (Wildman–Crippen LogP) is 2.96. The van der Waals surface area contributed by atoms with Gasteiger partial charge in [0.1, 0.15) is 17.1 Å². The van der Waals surface area contributed by atoms with Gasteiger partial charge in [0, 0.05) is 12.3 Å². The Morgan fingerprint density at radius 3 is 2.38 bits per heavy atom. The molecule has 0 aliphatic carbocycles. The van der Waals surface area contributed by atoms with E-state index in [-0.39, 0.29) is 53.1 Å². The van der Waals surface area contributed by atoms with Crippen LogP contribution in [-0.2, 0) is 4.79 Å². The summed E-state index contributed by atoms with van der Waals surface area (Å²) in [6.45, 7) is 1.47. The van der Waals surface area contributed by atoms with Crippen LogP contribution in [0.3, 0.4) is 0 Å². The molecule has 24 heavy (non-hydrogen) atoms. The van der Waals surface area contributed by atoms with Crippen molar-refractivity contribution >= 4 is 46.3 Å². The number of rotatable bonds is 4. The number of carbonyl (C=O) groups excluding carboxylic acids is 1. The molecule has 3 rings (SSSR count). The van der Waals surface area contributed by atoms with E-state index >= 15 is 0 Å². The first kappa shape index (κ1) is 18.5. The van der Waals surface area contributed by atoms with E-state index in [1.54, 1.807) is 24.3 Å². The van der Waals surface area contributed by atoms with Crippen LogP contribution in [0.15, 0.2) is 63.8 Å². The topological polar surface area (TPSA) is 67.5 Å². The Kier molecular flexibility index (Phi) is 5.99. The average Bonchev–Trinajstić information content (AvgIpc) is 2.54. The van der Waals surface area contributed by atoms with Crippen LogP contribution < -0.4 is 5.63 Å². The molecule has 4 nitrogen and oxygen atoms in total. The molecule has 1 heterocycles. The van der Waals surface area contributed by atoms with Gasteiger partial charge in [-0.2, -0.15) is 0 Å². The van der Waals surface area contributed by atoms with E-state index in [0.29, 0.717) is 11.0 Å². The number of fused-ring (bicyclic) bond motifs is 1. The molecule has 0 saturated heterocycles. The number of hydrogen-bond donors (Lipinski definition) is 1. The van der Waals surface area contributed by atoms with Crippen molar-refractivity contribution in [3.63, 3.8) is 0 Å². The van der Waals surface area contributed by atoms with Gasteiger partial charge in [-0.15, -0.1) is 0 Å². The van der Waals surface area contributed by atoms with Crippen molar-refractivity contribution < 1.29 is 14.3 Å². The van der Waals surface area contributed by atoms with Crippen molar-refractivity contribution in [1.29, 1.82) is 0 Å². The van der Waals surface area contributed by atoms with Crippen LogP contribution in [0.5, 0.6) is 5.75 Å². The maximum atomic E-state index is 12.4. The summed E-state index contributed by atoms with van der Waals surface area (Å²) >= 11 is 0. The van der Waals surface area contributed by atoms with E-state index in [2.05, 4.69) is 0 Å². The number of hydrogen-bond acceptors (Lipinski definition) is 4. The summed E-state index contributed by atoms with van der Waals surface area (Å²) < 4.78 is 5.33. The molecule has 0 fully saturated rings. The van der Waals surface area contributed by atoms with Gasteiger partial charge in [-0.25, -0.2) is 4.79 Å². The second kappa shape index (κ2) is 7.79. The SMILES string of the molecule is CC(=O)CC(c1ccccc1)c1c(O)c2ccccc2oc1=O.[NaH]. The summed E-state index contributed by atoms with van der Waals surface area (Å²) in [7, 11) is 0. The van der Waals surface area contributed by atoms with E-state index in [4.69, 9.17) is 4.42 Å². The number of carbonyl (C=O) groups is 1. The van der Waals surface area contributed by atoms with E-state index in [1.807, 2.05) is 30.3 Å². The molecule has 0 aliphatic heterocycles. The summed E-state index contributed by atoms with van der Waals surface area (Å²) in [5.74, 6) is -0.715. The quantitative estimate of drug-likeness (QED) is 0.589. The molecule has 0 radical (unpaired) electrons. The normalized spacial score (nSPS) is 11.7. The van der Waals surface area contributed by atoms with Gasteiger partial charge in [-0.1, -0.05) is 42.5 Å². The van der Waals surface area contributed by atoms with Crippen LogP contribution in [0.25, 0.3) is 11.0 Å². The average molecular weight is 332 g/mol. The summed E-state index contributed by atoms with van der Waals surface area (Å²) in [5.41, 5.74) is 0.635. The number of Topliss-reactive ketones (excluding diaryl/α,β-unsaturated/α-hetero) is 1. The molecule has 1 aromatic heterocycles. The second-order valence-corrected chi connectivity index (χ2v) is 5.52. The molecule has 0 bridgehead atoms. The Morgan fingerprint density at radius 2 is 1.71 bits per heavy atom. The van der Waals surface area contributed by atoms with Crippen molar-refractivity contribution in [2.75, 3.05) is 0 Å². The Morgan fingerprint density at radius 1 is 1.08 bits per heavy atom. The summed E-state index contributed by atoms with van der Waals surface area (Å²) in [6, 6.07) is 16.0. The fraction of sp³-hybridized carbons (Fsp3) is 0.158. The Bertz CT molecular complexity index is 916. The minimum absolute atomic E-state index is 0. The minimum atomic E-state index is -0.615. The molecule has 1 atom stereocenters. The molecule has 118 valence electrons. The van der Waals surface area contributed by atoms with Crippen LogP contribution in [0, 0.1) is 0 Å². The zero-order valence-corrected chi connectivity index (χ0v) is 12.7. The van der Waals surface area contributed by atoms with Crippen LogP contribution >= 0.6 is 0 Å². The first-order valence-corrected chi connectivity index (χ1v) is 7.37. The van der Waals surface area contributed by atoms with Crippen molar-refractivity contribution in [1.82, 2.24) is 0 Å². The molecule has 0 spiro atoms. The van der Waals surface area contributed by atoms with E-state index in [1.165, 1.54) is 6.92 Å². The van der Waals surface area contributed by atoms with Crippen LogP contribution in [0.4, 0.5) is 0 Å². The molecule has 5 heteroatoms. The Balaban J connectivity index is 0.00000208. The van der Waals surface area contributed by atoms with Crippen molar-refractivity contribution in [2.45, 2.75) is 19.3 Å². The summed E-state index contributed by atoms with van der Waals surface area (Å²) in [6.07, 6.45) is 0.126. The fourth-order valence-corrected chi connectivity index (χ4v) is 2.81. The molecule has 2 aromatic carbocycles. The number of ketones is 1. The number of para-hydroxylation sites is 1. The van der Waals surface area contributed by atoms with Gasteiger partial charge >= 0.3 is 35.2 Å². The first-order chi connectivity index (χ1) is 11.1. The van der Waals surface area contributed by atoms with Crippen LogP contribution in [0.1, 0.15) is 30.4 Å². The van der Waals surface area contributed by atoms with Gasteiger partial charge in [0.15, 0.2) is 0 Å². The van der Waals surface area contributed by atoms with Crippen LogP contribution in [-0.4, -0.2) is 40.4 Å². The third-order valence-corrected chi connectivity index (χ3v) is 3.86. The van der Waals surface area contributed by atoms with Gasteiger partial charge in [0.2, 0.25) is 0 Å². The molecule has 0 aliphatic rings. The predicted molar refractivity (Wildman–Crippen MR) is 94.9 cm³/mol. The molecule has 0 saturated carbocycles. The summed E-state index contributed by atoms with van der Waals surface area (Å²) in [4.78, 5) is 24.1. The molecule has 3 aromatic rings. The van der Waals surface area contributed by atoms with Crippen molar-refractivity contribution in [3.05, 3.63) is 76.1 Å². The van der Waals surface area contributed by atoms with E-state index in [9.17, 15) is 14.7 Å². The Labute approximate surface area is 161 Å². The van der Waals surface area contributed by atoms with Gasteiger partial charge in [0.25, 0.3) is 0 Å². The zero-order valence-electron chi connectivity index (χ0n) is 12.7. The molecular weight excluding hydrogens is 315 g/mol. The van der Waals surface area contributed by atoms with Gasteiger partial charge in [-0.3, -0.25) is 4.79 Å². The van der Waals surface area contributed by atoms with E-state index in [0.717, 1.165) is 5.56 Å². The molecule has 1 N–H and O–H groups in total. The zero-order chi connectivity index (χ0) is 16.4. The second-order valence-electron chi connectivity index (χ2n) is 5.52. The molecule has 1 unspecified atom stereocenters. The first-order valence-electron chi connectivity index (χ1n) is 7.37. The summed E-state index contributed by atoms with van der Waals surface area (Å²) in [5, 5.41) is 11.1. The third kappa shape index (κ3) is 3.61. The van der Waals surface area contributed by atoms with Gasteiger partial charge in [0.05, 0.1) is 10.9 Å². The van der Waals surface area contributed by atoms with Crippen LogP contribution in [0.2, 0.25) is 0 Å². The molecular formula is C19H17NaO4. The number of aromatic hydroxyl groups is 1. The monoisotopic (exact) mass is 332 g/mol. The van der Waals surface area contributed by atoms with E-state index < -0.39 is 11.5 Å². The molecule has 0 amide bonds. The third-order valence-electron chi connectivity index (χ3n) is 3.86. The number of benzene rings is 2. The standard InChI is InChI=1S/C19H16O4.Na.H/c1-12(20)11-15(13-7-3-2-4-8-13)17-18(21)14-9-5-6-10-16(14)23-19(17)22;;/h2-10,15,21H,11H2,1H3;;. The van der Waals surface area contributed by atoms with Crippen molar-refractivity contribution in [3.8, 4) is 5.75 Å². The Hall–Kier alpha value is -1.88.